The number of halogens is 1. The molecule has 1 amide bonds. The number of aryl methyl sites for hydroxylation is 1. The van der Waals surface area contributed by atoms with E-state index in [0.717, 1.165) is 24.9 Å². The van der Waals surface area contributed by atoms with Crippen molar-refractivity contribution in [3.8, 4) is 0 Å². The Hall–Kier alpha value is -0.980. The molecule has 4 nitrogen and oxygen atoms in total. The summed E-state index contributed by atoms with van der Waals surface area (Å²) < 4.78 is 6.58. The number of benzene rings is 1. The van der Waals surface area contributed by atoms with Gasteiger partial charge in [-0.1, -0.05) is 6.07 Å². The van der Waals surface area contributed by atoms with Crippen LogP contribution in [0.4, 0.5) is 10.5 Å². The van der Waals surface area contributed by atoms with Crippen molar-refractivity contribution >= 4 is 34.4 Å². The molecule has 1 fully saturated rings. The predicted molar refractivity (Wildman–Crippen MR) is 98.3 cm³/mol. The lowest BCUT2D eigenvalue weighted by molar-refractivity contribution is 0.0505. The van der Waals surface area contributed by atoms with E-state index in [4.69, 9.17) is 4.74 Å². The molecule has 2 atom stereocenters. The molecular weight excluding hydrogens is 391 g/mol. The van der Waals surface area contributed by atoms with Crippen LogP contribution in [0.2, 0.25) is 0 Å². The van der Waals surface area contributed by atoms with Crippen LogP contribution < -0.4 is 10.6 Å². The number of anilines is 1. The number of ether oxygens (including phenoxy) is 1. The van der Waals surface area contributed by atoms with E-state index in [1.54, 1.807) is 0 Å². The molecule has 2 unspecified atom stereocenters. The van der Waals surface area contributed by atoms with Crippen molar-refractivity contribution in [2.24, 2.45) is 0 Å². The summed E-state index contributed by atoms with van der Waals surface area (Å²) in [4.78, 5) is 11.8. The van der Waals surface area contributed by atoms with Gasteiger partial charge in [0.2, 0.25) is 0 Å². The monoisotopic (exact) mass is 416 g/mol. The second-order valence-electron chi connectivity index (χ2n) is 6.96. The zero-order chi connectivity index (χ0) is 16.3. The number of amides is 1. The molecule has 0 saturated heterocycles. The second kappa shape index (κ2) is 7.06. The molecule has 2 N–H and O–H groups in total. The molecule has 0 aromatic heterocycles. The number of hydrogen-bond donors (Lipinski definition) is 2. The van der Waals surface area contributed by atoms with Crippen LogP contribution in [0.5, 0.6) is 0 Å². The summed E-state index contributed by atoms with van der Waals surface area (Å²) in [6.07, 6.45) is 2.66. The van der Waals surface area contributed by atoms with Gasteiger partial charge in [0, 0.05) is 21.3 Å². The molecule has 0 bridgehead atoms. The molecule has 0 radical (unpaired) electrons. The van der Waals surface area contributed by atoms with Crippen LogP contribution in [-0.4, -0.2) is 23.8 Å². The molecule has 0 heterocycles. The largest absolute Gasteiger partial charge is 0.444 e. The highest BCUT2D eigenvalue weighted by molar-refractivity contribution is 14.1. The van der Waals surface area contributed by atoms with E-state index in [1.165, 1.54) is 9.13 Å². The first kappa shape index (κ1) is 17.4. The molecule has 0 aliphatic heterocycles. The molecule has 1 aromatic carbocycles. The van der Waals surface area contributed by atoms with Crippen LogP contribution in [0, 0.1) is 10.5 Å². The lowest BCUT2D eigenvalue weighted by Gasteiger charge is -2.22. The van der Waals surface area contributed by atoms with E-state index in [1.807, 2.05) is 20.8 Å². The number of alkyl carbamates (subject to hydrolysis) is 1. The normalized spacial score (nSPS) is 21.5. The molecule has 122 valence electrons. The number of carbonyl (C=O) groups excluding carboxylic acids is 1. The van der Waals surface area contributed by atoms with E-state index < -0.39 is 5.60 Å². The van der Waals surface area contributed by atoms with E-state index in [-0.39, 0.29) is 12.1 Å². The molecule has 22 heavy (non-hydrogen) atoms. The highest BCUT2D eigenvalue weighted by Crippen LogP contribution is 2.25. The standard InChI is InChI=1S/C17H25IN2O2/c1-11-5-6-14(10-15(11)18)19-12-7-8-13(9-12)20-16(21)22-17(2,3)4/h5-6,10,12-13,19H,7-9H2,1-4H3,(H,20,21). The van der Waals surface area contributed by atoms with Gasteiger partial charge in [-0.2, -0.15) is 0 Å². The third-order valence-corrected chi connectivity index (χ3v) is 4.86. The molecule has 1 aliphatic rings. The summed E-state index contributed by atoms with van der Waals surface area (Å²) in [5.74, 6) is 0. The zero-order valence-electron chi connectivity index (χ0n) is 13.7. The fraction of sp³-hybridized carbons (Fsp3) is 0.588. The Morgan fingerprint density at radius 3 is 2.59 bits per heavy atom. The van der Waals surface area contributed by atoms with Crippen LogP contribution in [-0.2, 0) is 4.74 Å². The molecule has 1 aromatic rings. The third kappa shape index (κ3) is 5.34. The van der Waals surface area contributed by atoms with Crippen LogP contribution in [0.25, 0.3) is 0 Å². The van der Waals surface area contributed by atoms with Gasteiger partial charge in [-0.25, -0.2) is 4.79 Å². The van der Waals surface area contributed by atoms with Crippen molar-refractivity contribution in [2.45, 2.75) is 64.6 Å². The molecule has 0 spiro atoms. The van der Waals surface area contributed by atoms with Crippen LogP contribution in [0.3, 0.4) is 0 Å². The Morgan fingerprint density at radius 1 is 1.27 bits per heavy atom. The first-order valence-electron chi connectivity index (χ1n) is 7.75. The maximum Gasteiger partial charge on any atom is 0.407 e. The quantitative estimate of drug-likeness (QED) is 0.716. The molecule has 5 heteroatoms. The first-order valence-corrected chi connectivity index (χ1v) is 8.83. The average molecular weight is 416 g/mol. The van der Waals surface area contributed by atoms with Crippen molar-refractivity contribution in [1.82, 2.24) is 5.32 Å². The topological polar surface area (TPSA) is 50.4 Å². The van der Waals surface area contributed by atoms with Gasteiger partial charge < -0.3 is 15.4 Å². The summed E-state index contributed by atoms with van der Waals surface area (Å²) in [5.41, 5.74) is 2.00. The Morgan fingerprint density at radius 2 is 1.95 bits per heavy atom. The summed E-state index contributed by atoms with van der Waals surface area (Å²) in [6, 6.07) is 7.02. The van der Waals surface area contributed by atoms with Crippen LogP contribution >= 0.6 is 22.6 Å². The van der Waals surface area contributed by atoms with Crippen molar-refractivity contribution in [2.75, 3.05) is 5.32 Å². The van der Waals surface area contributed by atoms with E-state index in [0.29, 0.717) is 6.04 Å². The van der Waals surface area contributed by atoms with Gasteiger partial charge in [-0.3, -0.25) is 0 Å². The van der Waals surface area contributed by atoms with E-state index in [2.05, 4.69) is 58.3 Å². The summed E-state index contributed by atoms with van der Waals surface area (Å²) in [6.45, 7) is 7.75. The van der Waals surface area contributed by atoms with Gasteiger partial charge >= 0.3 is 6.09 Å². The Balaban J connectivity index is 1.82. The minimum absolute atomic E-state index is 0.192. The van der Waals surface area contributed by atoms with Crippen molar-refractivity contribution in [3.63, 3.8) is 0 Å². The van der Waals surface area contributed by atoms with Gasteiger partial charge in [0.15, 0.2) is 0 Å². The fourth-order valence-corrected chi connectivity index (χ4v) is 3.15. The maximum atomic E-state index is 11.8. The molecule has 1 saturated carbocycles. The maximum absolute atomic E-state index is 11.8. The Labute approximate surface area is 146 Å². The molecule has 1 aliphatic carbocycles. The smallest absolute Gasteiger partial charge is 0.407 e. The van der Waals surface area contributed by atoms with Gasteiger partial charge in [0.25, 0.3) is 0 Å². The number of nitrogens with one attached hydrogen (secondary N) is 2. The van der Waals surface area contributed by atoms with Crippen LogP contribution in [0.15, 0.2) is 18.2 Å². The second-order valence-corrected chi connectivity index (χ2v) is 8.12. The SMILES string of the molecule is Cc1ccc(NC2CCC(NC(=O)OC(C)(C)C)C2)cc1I. The lowest BCUT2D eigenvalue weighted by Crippen LogP contribution is -2.38. The minimum Gasteiger partial charge on any atom is -0.444 e. The number of rotatable bonds is 3. The highest BCUT2D eigenvalue weighted by Gasteiger charge is 2.27. The van der Waals surface area contributed by atoms with Gasteiger partial charge in [0.05, 0.1) is 0 Å². The van der Waals surface area contributed by atoms with E-state index in [9.17, 15) is 4.79 Å². The lowest BCUT2D eigenvalue weighted by atomic mass is 10.2. The summed E-state index contributed by atoms with van der Waals surface area (Å²) in [5, 5.41) is 6.53. The summed E-state index contributed by atoms with van der Waals surface area (Å²) in [7, 11) is 0. The van der Waals surface area contributed by atoms with Gasteiger partial charge in [0.1, 0.15) is 5.60 Å². The summed E-state index contributed by atoms with van der Waals surface area (Å²) >= 11 is 2.36. The first-order chi connectivity index (χ1) is 10.2. The zero-order valence-corrected chi connectivity index (χ0v) is 15.9. The Kier molecular flexibility index (Phi) is 5.58. The fourth-order valence-electron chi connectivity index (χ4n) is 2.64. The van der Waals surface area contributed by atoms with Gasteiger partial charge in [-0.15, -0.1) is 0 Å². The Bertz CT molecular complexity index is 540. The van der Waals surface area contributed by atoms with Crippen molar-refractivity contribution in [1.29, 1.82) is 0 Å². The number of hydrogen-bond acceptors (Lipinski definition) is 3. The van der Waals surface area contributed by atoms with Crippen LogP contribution in [0.1, 0.15) is 45.6 Å². The highest BCUT2D eigenvalue weighted by atomic mass is 127. The molecule has 2 rings (SSSR count). The van der Waals surface area contributed by atoms with Crippen molar-refractivity contribution < 1.29 is 9.53 Å². The average Bonchev–Trinajstić information content (AvgIpc) is 2.78. The van der Waals surface area contributed by atoms with Gasteiger partial charge in [-0.05, 0) is 87.2 Å². The van der Waals surface area contributed by atoms with E-state index >= 15 is 0 Å². The minimum atomic E-state index is -0.446. The predicted octanol–water partition coefficient (Wildman–Crippen LogP) is 4.46. The number of carbonyl (C=O) groups is 1. The van der Waals surface area contributed by atoms with Crippen molar-refractivity contribution in [3.05, 3.63) is 27.3 Å². The molecular formula is C17H25IN2O2. The third-order valence-electron chi connectivity index (χ3n) is 3.70.